The van der Waals surface area contributed by atoms with Crippen LogP contribution < -0.4 is 27.0 Å². The smallest absolute Gasteiger partial charge is 0.410 e. The van der Waals surface area contributed by atoms with Crippen LogP contribution in [0.5, 0.6) is 0 Å². The summed E-state index contributed by atoms with van der Waals surface area (Å²) in [5, 5.41) is 10.4. The van der Waals surface area contributed by atoms with Crippen LogP contribution in [-0.4, -0.2) is 89.7 Å². The van der Waals surface area contributed by atoms with Gasteiger partial charge in [0.1, 0.15) is 18.7 Å². The van der Waals surface area contributed by atoms with Crippen molar-refractivity contribution in [1.29, 1.82) is 0 Å². The second-order valence-corrected chi connectivity index (χ2v) is 17.0. The second kappa shape index (κ2) is 19.1. The van der Waals surface area contributed by atoms with Crippen molar-refractivity contribution in [2.75, 3.05) is 31.5 Å². The zero-order chi connectivity index (χ0) is 40.4. The van der Waals surface area contributed by atoms with Gasteiger partial charge in [0.25, 0.3) is 0 Å². The van der Waals surface area contributed by atoms with Gasteiger partial charge >= 0.3 is 12.1 Å². The molecule has 2 aliphatic rings. The van der Waals surface area contributed by atoms with E-state index in [0.717, 1.165) is 12.0 Å². The molecule has 0 bridgehead atoms. The van der Waals surface area contributed by atoms with E-state index in [9.17, 15) is 33.6 Å². The van der Waals surface area contributed by atoms with E-state index in [0.29, 0.717) is 50.5 Å². The summed E-state index contributed by atoms with van der Waals surface area (Å²) in [7, 11) is 0. The van der Waals surface area contributed by atoms with E-state index in [4.69, 9.17) is 10.5 Å². The molecule has 6 N–H and O–H groups in total. The second-order valence-electron chi connectivity index (χ2n) is 17.0. The predicted octanol–water partition coefficient (Wildman–Crippen LogP) is 3.91. The molecule has 0 aromatic heterocycles. The highest BCUT2D eigenvalue weighted by Crippen LogP contribution is 2.36. The number of primary amides is 1. The van der Waals surface area contributed by atoms with Gasteiger partial charge in [0, 0.05) is 44.7 Å². The summed E-state index contributed by atoms with van der Waals surface area (Å²) < 4.78 is 5.52. The normalized spacial score (nSPS) is 18.7. The Hall–Kier alpha value is -4.69. The highest BCUT2D eigenvalue weighted by Gasteiger charge is 2.44. The van der Waals surface area contributed by atoms with Gasteiger partial charge in [-0.2, -0.15) is 0 Å². The zero-order valence-corrected chi connectivity index (χ0v) is 33.2. The molecule has 2 unspecified atom stereocenters. The fourth-order valence-corrected chi connectivity index (χ4v) is 6.56. The summed E-state index contributed by atoms with van der Waals surface area (Å²) in [4.78, 5) is 91.8. The number of anilines is 1. The monoisotopic (exact) mass is 755 g/mol. The third-order valence-corrected chi connectivity index (χ3v) is 10.2. The standard InChI is InChI=1S/C39H61N7O8/c1-24(2)32(44-30(47)12-10-9-11-18-46-31(48)20-28(35(46)51)39(6,7)8)34(50)43-29(21-41-36(40)52)33(49)42-27-15-13-25(14-16-27)23-54-37(53)45-19-17-26(22-45)38(3,4)5/h13-16,24,26,28-29,32H,9-12,17-23H2,1-8H3,(H,42,49)(H,43,50)(H,44,47)(H3,40,41,52)/t26?,28?,29-,32-/m0/s1. The number of amides is 8. The molecule has 0 saturated carbocycles. The molecular weight excluding hydrogens is 694 g/mol. The van der Waals surface area contributed by atoms with Gasteiger partial charge in [-0.15, -0.1) is 0 Å². The maximum atomic E-state index is 13.4. The molecule has 15 heteroatoms. The first kappa shape index (κ1) is 43.7. The van der Waals surface area contributed by atoms with E-state index in [2.05, 4.69) is 42.0 Å². The number of nitrogens with zero attached hydrogens (tertiary/aromatic N) is 2. The first-order valence-electron chi connectivity index (χ1n) is 19.0. The van der Waals surface area contributed by atoms with Crippen molar-refractivity contribution < 1.29 is 38.3 Å². The van der Waals surface area contributed by atoms with Crippen LogP contribution in [0.15, 0.2) is 24.3 Å². The molecule has 1 aromatic rings. The SMILES string of the molecule is CC(C)[C@H](NC(=O)CCCCCN1C(=O)CC(C(C)(C)C)C1=O)C(=O)N[C@@H](CNC(N)=O)C(=O)Nc1ccc(COC(=O)N2CCC(C(C)(C)C)C2)cc1. The van der Waals surface area contributed by atoms with Crippen LogP contribution in [0.1, 0.15) is 99.5 Å². The summed E-state index contributed by atoms with van der Waals surface area (Å²) in [5.74, 6) is -2.17. The highest BCUT2D eigenvalue weighted by atomic mass is 16.6. The Morgan fingerprint density at radius 1 is 0.907 bits per heavy atom. The van der Waals surface area contributed by atoms with E-state index < -0.39 is 29.9 Å². The van der Waals surface area contributed by atoms with Gasteiger partial charge in [-0.25, -0.2) is 9.59 Å². The van der Waals surface area contributed by atoms with E-state index in [1.54, 1.807) is 43.0 Å². The minimum absolute atomic E-state index is 0.0614. The number of likely N-dealkylation sites (tertiary alicyclic amines) is 2. The van der Waals surface area contributed by atoms with E-state index >= 15 is 0 Å². The molecule has 54 heavy (non-hydrogen) atoms. The number of hydrogen-bond donors (Lipinski definition) is 5. The van der Waals surface area contributed by atoms with Crippen LogP contribution in [0.4, 0.5) is 15.3 Å². The molecule has 2 aliphatic heterocycles. The minimum atomic E-state index is -1.23. The average molecular weight is 756 g/mol. The topological polar surface area (TPSA) is 209 Å². The van der Waals surface area contributed by atoms with Crippen LogP contribution in [-0.2, 0) is 35.3 Å². The fraction of sp³-hybridized carbons (Fsp3) is 0.667. The Kier molecular flexibility index (Phi) is 15.4. The van der Waals surface area contributed by atoms with Crippen molar-refractivity contribution >= 4 is 47.3 Å². The number of carbonyl (C=O) groups is 7. The summed E-state index contributed by atoms with van der Waals surface area (Å²) in [6.45, 7) is 17.2. The highest BCUT2D eigenvalue weighted by molar-refractivity contribution is 6.04. The van der Waals surface area contributed by atoms with Crippen LogP contribution in [0.2, 0.25) is 0 Å². The number of rotatable bonds is 16. The Morgan fingerprint density at radius 2 is 1.57 bits per heavy atom. The molecule has 3 rings (SSSR count). The third-order valence-electron chi connectivity index (χ3n) is 10.2. The Balaban J connectivity index is 1.48. The predicted molar refractivity (Wildman–Crippen MR) is 203 cm³/mol. The molecular formula is C39H61N7O8. The maximum Gasteiger partial charge on any atom is 0.410 e. The lowest BCUT2D eigenvalue weighted by Crippen LogP contribution is -2.57. The van der Waals surface area contributed by atoms with Gasteiger partial charge in [0.2, 0.25) is 29.5 Å². The van der Waals surface area contributed by atoms with Gasteiger partial charge in [0.05, 0.1) is 5.92 Å². The number of nitrogens with two attached hydrogens (primary N) is 1. The number of hydrogen-bond acceptors (Lipinski definition) is 8. The van der Waals surface area contributed by atoms with E-state index in [-0.39, 0.29) is 72.5 Å². The largest absolute Gasteiger partial charge is 0.445 e. The van der Waals surface area contributed by atoms with Crippen molar-refractivity contribution in [3.8, 4) is 0 Å². The molecule has 2 fully saturated rings. The van der Waals surface area contributed by atoms with Gasteiger partial charge in [0.15, 0.2) is 0 Å². The van der Waals surface area contributed by atoms with Crippen molar-refractivity contribution in [3.05, 3.63) is 29.8 Å². The van der Waals surface area contributed by atoms with Crippen molar-refractivity contribution in [2.45, 2.75) is 113 Å². The van der Waals surface area contributed by atoms with Crippen molar-refractivity contribution in [3.63, 3.8) is 0 Å². The van der Waals surface area contributed by atoms with Crippen molar-refractivity contribution in [1.82, 2.24) is 25.8 Å². The van der Waals surface area contributed by atoms with Gasteiger partial charge in [-0.05, 0) is 59.6 Å². The first-order valence-corrected chi connectivity index (χ1v) is 19.0. The number of nitrogens with one attached hydrogen (secondary N) is 4. The molecule has 0 radical (unpaired) electrons. The fourth-order valence-electron chi connectivity index (χ4n) is 6.56. The molecule has 4 atom stereocenters. The third kappa shape index (κ3) is 13.0. The zero-order valence-electron chi connectivity index (χ0n) is 33.2. The lowest BCUT2D eigenvalue weighted by molar-refractivity contribution is -0.140. The molecule has 2 heterocycles. The summed E-state index contributed by atoms with van der Waals surface area (Å²) in [6, 6.07) is 3.59. The Morgan fingerprint density at radius 3 is 2.13 bits per heavy atom. The summed E-state index contributed by atoms with van der Waals surface area (Å²) >= 11 is 0. The van der Waals surface area contributed by atoms with E-state index in [1.807, 2.05) is 20.8 Å². The van der Waals surface area contributed by atoms with Gasteiger partial charge in [-0.3, -0.25) is 28.9 Å². The first-order chi connectivity index (χ1) is 25.2. The molecule has 1 aromatic carbocycles. The number of benzene rings is 1. The number of ether oxygens (including phenoxy) is 1. The van der Waals surface area contributed by atoms with Crippen LogP contribution in [0.25, 0.3) is 0 Å². The number of imide groups is 1. The Bertz CT molecular complexity index is 1520. The number of carbonyl (C=O) groups excluding carboxylic acids is 7. The summed E-state index contributed by atoms with van der Waals surface area (Å²) in [5.41, 5.74) is 6.18. The molecule has 0 spiro atoms. The lowest BCUT2D eigenvalue weighted by atomic mass is 9.80. The van der Waals surface area contributed by atoms with Crippen LogP contribution in [0.3, 0.4) is 0 Å². The average Bonchev–Trinajstić information content (AvgIpc) is 3.70. The molecule has 15 nitrogen and oxygen atoms in total. The van der Waals surface area contributed by atoms with Crippen LogP contribution >= 0.6 is 0 Å². The minimum Gasteiger partial charge on any atom is -0.445 e. The maximum absolute atomic E-state index is 13.4. The summed E-state index contributed by atoms with van der Waals surface area (Å²) in [6.07, 6.45) is 2.57. The van der Waals surface area contributed by atoms with Gasteiger partial charge < -0.3 is 36.6 Å². The van der Waals surface area contributed by atoms with E-state index in [1.165, 1.54) is 4.90 Å². The van der Waals surface area contributed by atoms with Crippen molar-refractivity contribution in [2.24, 2.45) is 34.3 Å². The molecule has 300 valence electrons. The number of urea groups is 1. The molecule has 0 aliphatic carbocycles. The Labute approximate surface area is 319 Å². The number of unbranched alkanes of at least 4 members (excludes halogenated alkanes) is 2. The molecule has 2 saturated heterocycles. The van der Waals surface area contributed by atoms with Gasteiger partial charge in [-0.1, -0.05) is 73.9 Å². The lowest BCUT2D eigenvalue weighted by Gasteiger charge is -2.26. The molecule has 8 amide bonds. The quantitative estimate of drug-likeness (QED) is 0.123. The van der Waals surface area contributed by atoms with Crippen LogP contribution in [0, 0.1) is 28.6 Å².